The Labute approximate surface area is 184 Å². The van der Waals surface area contributed by atoms with E-state index < -0.39 is 0 Å². The van der Waals surface area contributed by atoms with Crippen molar-refractivity contribution in [3.8, 4) is 5.75 Å². The molecule has 1 aromatic heterocycles. The Kier molecular flexibility index (Phi) is 5.92. The van der Waals surface area contributed by atoms with Gasteiger partial charge < -0.3 is 20.3 Å². The first-order valence-corrected chi connectivity index (χ1v) is 10.1. The summed E-state index contributed by atoms with van der Waals surface area (Å²) in [4.78, 5) is 22.7. The van der Waals surface area contributed by atoms with Gasteiger partial charge in [-0.15, -0.1) is 0 Å². The second kappa shape index (κ2) is 8.77. The van der Waals surface area contributed by atoms with Crippen molar-refractivity contribution in [2.75, 3.05) is 30.4 Å². The maximum Gasteiger partial charge on any atom is 0.251 e. The predicted molar refractivity (Wildman–Crippen MR) is 118 cm³/mol. The van der Waals surface area contributed by atoms with E-state index in [1.54, 1.807) is 49.6 Å². The number of nitrogens with zero attached hydrogens (tertiary/aromatic N) is 3. The second-order valence-corrected chi connectivity index (χ2v) is 7.59. The van der Waals surface area contributed by atoms with Crippen LogP contribution in [0.5, 0.6) is 5.75 Å². The van der Waals surface area contributed by atoms with Crippen LogP contribution in [0.1, 0.15) is 10.4 Å². The highest BCUT2D eigenvalue weighted by Gasteiger charge is 2.30. The summed E-state index contributed by atoms with van der Waals surface area (Å²) in [6.45, 7) is 1.36. The molecular weight excluding hydrogens is 425 g/mol. The average molecular weight is 444 g/mol. The molecule has 0 aliphatic carbocycles. The zero-order chi connectivity index (χ0) is 21.1. The molecule has 3 aromatic rings. The fraction of sp³-hybridized carbons (Fsp3) is 0.190. The van der Waals surface area contributed by atoms with Crippen LogP contribution in [-0.4, -0.2) is 42.1 Å². The van der Waals surface area contributed by atoms with Crippen molar-refractivity contribution in [1.82, 2.24) is 15.3 Å². The third-order valence-electron chi connectivity index (χ3n) is 4.61. The fourth-order valence-electron chi connectivity index (χ4n) is 3.05. The van der Waals surface area contributed by atoms with E-state index in [2.05, 4.69) is 25.5 Å². The van der Waals surface area contributed by atoms with Crippen molar-refractivity contribution < 1.29 is 9.53 Å². The standard InChI is InChI=1S/C21H19Cl2N5O2/c1-24-20(29)13-3-2-4-15(9-13)26-21-25-8-7-19(27-21)28-11-16(12-28)30-18-6-5-14(22)10-17(18)23/h2-10,16H,11-12H2,1H3,(H,24,29)(H,25,26,27). The minimum atomic E-state index is -0.152. The normalized spacial score (nSPS) is 13.5. The highest BCUT2D eigenvalue weighted by molar-refractivity contribution is 6.35. The van der Waals surface area contributed by atoms with Gasteiger partial charge in [-0.05, 0) is 42.5 Å². The second-order valence-electron chi connectivity index (χ2n) is 6.74. The molecule has 0 spiro atoms. The Morgan fingerprint density at radius 2 is 2.00 bits per heavy atom. The van der Waals surface area contributed by atoms with E-state index in [1.165, 1.54) is 0 Å². The highest BCUT2D eigenvalue weighted by atomic mass is 35.5. The first-order valence-electron chi connectivity index (χ1n) is 9.30. The van der Waals surface area contributed by atoms with Gasteiger partial charge in [-0.3, -0.25) is 4.79 Å². The molecule has 1 fully saturated rings. The van der Waals surface area contributed by atoms with Gasteiger partial charge in [0.1, 0.15) is 17.7 Å². The number of anilines is 3. The third kappa shape index (κ3) is 4.58. The molecule has 0 bridgehead atoms. The minimum absolute atomic E-state index is 0.0132. The first-order chi connectivity index (χ1) is 14.5. The van der Waals surface area contributed by atoms with E-state index in [4.69, 9.17) is 27.9 Å². The molecule has 1 aliphatic rings. The lowest BCUT2D eigenvalue weighted by Gasteiger charge is -2.39. The van der Waals surface area contributed by atoms with E-state index in [9.17, 15) is 4.79 Å². The Hall–Kier alpha value is -3.03. The van der Waals surface area contributed by atoms with Gasteiger partial charge in [0.2, 0.25) is 5.95 Å². The molecule has 0 unspecified atom stereocenters. The Morgan fingerprint density at radius 3 is 2.77 bits per heavy atom. The quantitative estimate of drug-likeness (QED) is 0.595. The van der Waals surface area contributed by atoms with Crippen LogP contribution >= 0.6 is 23.2 Å². The zero-order valence-corrected chi connectivity index (χ0v) is 17.6. The van der Waals surface area contributed by atoms with Gasteiger partial charge >= 0.3 is 0 Å². The van der Waals surface area contributed by atoms with Gasteiger partial charge in [0.25, 0.3) is 5.91 Å². The van der Waals surface area contributed by atoms with Gasteiger partial charge in [0.05, 0.1) is 18.1 Å². The number of benzene rings is 2. The Balaban J connectivity index is 1.38. The highest BCUT2D eigenvalue weighted by Crippen LogP contribution is 2.30. The SMILES string of the molecule is CNC(=O)c1cccc(Nc2nccc(N3CC(Oc4ccc(Cl)cc4Cl)C3)n2)c1. The number of hydrogen-bond donors (Lipinski definition) is 2. The minimum Gasteiger partial charge on any atom is -0.485 e. The molecule has 7 nitrogen and oxygen atoms in total. The molecule has 2 N–H and O–H groups in total. The number of carbonyl (C=O) groups is 1. The van der Waals surface area contributed by atoms with E-state index in [1.807, 2.05) is 12.1 Å². The number of rotatable bonds is 6. The molecule has 2 heterocycles. The summed E-state index contributed by atoms with van der Waals surface area (Å²) in [7, 11) is 1.60. The molecule has 1 amide bonds. The molecule has 1 aliphatic heterocycles. The third-order valence-corrected chi connectivity index (χ3v) is 5.14. The number of halogens is 2. The largest absolute Gasteiger partial charge is 0.485 e. The van der Waals surface area contributed by atoms with E-state index in [0.717, 1.165) is 11.5 Å². The summed E-state index contributed by atoms with van der Waals surface area (Å²) in [5, 5.41) is 6.82. The van der Waals surface area contributed by atoms with Crippen molar-refractivity contribution in [2.45, 2.75) is 6.10 Å². The molecule has 2 aromatic carbocycles. The predicted octanol–water partition coefficient (Wildman–Crippen LogP) is 4.15. The maximum atomic E-state index is 11.8. The van der Waals surface area contributed by atoms with Crippen LogP contribution in [0.4, 0.5) is 17.5 Å². The van der Waals surface area contributed by atoms with Crippen molar-refractivity contribution in [1.29, 1.82) is 0 Å². The van der Waals surface area contributed by atoms with Gasteiger partial charge in [0, 0.05) is 29.5 Å². The number of ether oxygens (including phenoxy) is 1. The average Bonchev–Trinajstić information content (AvgIpc) is 2.71. The van der Waals surface area contributed by atoms with Crippen LogP contribution in [-0.2, 0) is 0 Å². The Bertz CT molecular complexity index is 1070. The number of amides is 1. The Morgan fingerprint density at radius 1 is 1.17 bits per heavy atom. The summed E-state index contributed by atoms with van der Waals surface area (Å²) >= 11 is 12.1. The summed E-state index contributed by atoms with van der Waals surface area (Å²) in [6, 6.07) is 14.2. The number of aromatic nitrogens is 2. The molecule has 0 saturated carbocycles. The van der Waals surface area contributed by atoms with Crippen LogP contribution in [0.25, 0.3) is 0 Å². The van der Waals surface area contributed by atoms with Crippen LogP contribution in [0.2, 0.25) is 10.0 Å². The molecule has 0 atom stereocenters. The van der Waals surface area contributed by atoms with Crippen molar-refractivity contribution in [2.24, 2.45) is 0 Å². The molecule has 0 radical (unpaired) electrons. The molecule has 9 heteroatoms. The van der Waals surface area contributed by atoms with E-state index in [-0.39, 0.29) is 12.0 Å². The zero-order valence-electron chi connectivity index (χ0n) is 16.1. The monoisotopic (exact) mass is 443 g/mol. The summed E-state index contributed by atoms with van der Waals surface area (Å²) in [5.74, 6) is 1.70. The topological polar surface area (TPSA) is 79.4 Å². The van der Waals surface area contributed by atoms with Gasteiger partial charge in [0.15, 0.2) is 0 Å². The van der Waals surface area contributed by atoms with Gasteiger partial charge in [-0.2, -0.15) is 4.98 Å². The number of nitrogens with one attached hydrogen (secondary N) is 2. The van der Waals surface area contributed by atoms with Crippen molar-refractivity contribution >= 4 is 46.6 Å². The fourth-order valence-corrected chi connectivity index (χ4v) is 3.50. The lowest BCUT2D eigenvalue weighted by Crippen LogP contribution is -2.54. The van der Waals surface area contributed by atoms with Crippen LogP contribution in [0.15, 0.2) is 54.7 Å². The molecule has 1 saturated heterocycles. The molecule has 4 rings (SSSR count). The number of carbonyl (C=O) groups excluding carboxylic acids is 1. The first kappa shape index (κ1) is 20.3. The number of hydrogen-bond acceptors (Lipinski definition) is 6. The van der Waals surface area contributed by atoms with E-state index in [0.29, 0.717) is 40.4 Å². The van der Waals surface area contributed by atoms with Crippen LogP contribution < -0.4 is 20.3 Å². The maximum absolute atomic E-state index is 11.8. The lowest BCUT2D eigenvalue weighted by atomic mass is 10.1. The summed E-state index contributed by atoms with van der Waals surface area (Å²) in [6.07, 6.45) is 1.71. The molecular formula is C21H19Cl2N5O2. The van der Waals surface area contributed by atoms with Crippen molar-refractivity contribution in [3.05, 3.63) is 70.3 Å². The van der Waals surface area contributed by atoms with E-state index >= 15 is 0 Å². The van der Waals surface area contributed by atoms with Gasteiger partial charge in [-0.1, -0.05) is 29.3 Å². The summed E-state index contributed by atoms with van der Waals surface area (Å²) < 4.78 is 5.93. The summed E-state index contributed by atoms with van der Waals surface area (Å²) in [5.41, 5.74) is 1.29. The molecule has 154 valence electrons. The van der Waals surface area contributed by atoms with Crippen LogP contribution in [0.3, 0.4) is 0 Å². The van der Waals surface area contributed by atoms with Gasteiger partial charge in [-0.25, -0.2) is 4.98 Å². The van der Waals surface area contributed by atoms with Crippen molar-refractivity contribution in [3.63, 3.8) is 0 Å². The lowest BCUT2D eigenvalue weighted by molar-refractivity contribution is 0.0963. The molecule has 30 heavy (non-hydrogen) atoms. The smallest absolute Gasteiger partial charge is 0.251 e. The van der Waals surface area contributed by atoms with Crippen LogP contribution in [0, 0.1) is 0 Å².